The molecule has 0 saturated carbocycles. The Hall–Kier alpha value is -1.31. The van der Waals surface area contributed by atoms with Crippen molar-refractivity contribution in [3.8, 4) is 0 Å². The standard InChI is InChI=1S/C14H19NO/c1-10(2)14(16)15-9-11(3)8-12-6-4-5-7-13(12)15/h4-7,10-11H,8-9H2,1-3H3. The highest BCUT2D eigenvalue weighted by atomic mass is 16.2. The normalized spacial score (nSPS) is 19.8. The third-order valence-electron chi connectivity index (χ3n) is 3.10. The van der Waals surface area contributed by atoms with E-state index in [9.17, 15) is 4.79 Å². The van der Waals surface area contributed by atoms with E-state index in [0.29, 0.717) is 5.92 Å². The van der Waals surface area contributed by atoms with Crippen LogP contribution in [0.2, 0.25) is 0 Å². The van der Waals surface area contributed by atoms with Gasteiger partial charge in [0.15, 0.2) is 0 Å². The lowest BCUT2D eigenvalue weighted by atomic mass is 9.93. The van der Waals surface area contributed by atoms with Crippen molar-refractivity contribution in [2.75, 3.05) is 11.4 Å². The second kappa shape index (κ2) is 4.28. The molecule has 1 aromatic rings. The number of benzene rings is 1. The molecule has 0 aliphatic carbocycles. The number of hydrogen-bond acceptors (Lipinski definition) is 1. The lowest BCUT2D eigenvalue weighted by Crippen LogP contribution is -2.41. The van der Waals surface area contributed by atoms with Crippen LogP contribution in [-0.4, -0.2) is 12.5 Å². The van der Waals surface area contributed by atoms with Crippen molar-refractivity contribution in [3.63, 3.8) is 0 Å². The predicted molar refractivity (Wildman–Crippen MR) is 66.5 cm³/mol. The molecule has 0 fully saturated rings. The number of para-hydroxylation sites is 1. The summed E-state index contributed by atoms with van der Waals surface area (Å²) in [5, 5.41) is 0. The molecule has 1 amide bonds. The minimum atomic E-state index is 0.0679. The number of rotatable bonds is 1. The lowest BCUT2D eigenvalue weighted by molar-refractivity contribution is -0.121. The van der Waals surface area contributed by atoms with Gasteiger partial charge in [-0.05, 0) is 24.0 Å². The van der Waals surface area contributed by atoms with Gasteiger partial charge in [0.05, 0.1) is 0 Å². The summed E-state index contributed by atoms with van der Waals surface area (Å²) in [7, 11) is 0. The van der Waals surface area contributed by atoms with Gasteiger partial charge in [-0.15, -0.1) is 0 Å². The Morgan fingerprint density at radius 3 is 2.75 bits per heavy atom. The summed E-state index contributed by atoms with van der Waals surface area (Å²) in [4.78, 5) is 14.1. The highest BCUT2D eigenvalue weighted by molar-refractivity contribution is 5.95. The minimum absolute atomic E-state index is 0.0679. The van der Waals surface area contributed by atoms with Crippen LogP contribution in [-0.2, 0) is 11.2 Å². The van der Waals surface area contributed by atoms with E-state index >= 15 is 0 Å². The molecular formula is C14H19NO. The van der Waals surface area contributed by atoms with Crippen LogP contribution in [0.4, 0.5) is 5.69 Å². The predicted octanol–water partition coefficient (Wildman–Crippen LogP) is 2.87. The summed E-state index contributed by atoms with van der Waals surface area (Å²) < 4.78 is 0. The Bertz CT molecular complexity index is 397. The molecule has 2 rings (SSSR count). The number of carbonyl (C=O) groups is 1. The fourth-order valence-electron chi connectivity index (χ4n) is 2.32. The molecule has 16 heavy (non-hydrogen) atoms. The van der Waals surface area contributed by atoms with Crippen molar-refractivity contribution in [1.29, 1.82) is 0 Å². The third kappa shape index (κ3) is 1.97. The molecule has 1 atom stereocenters. The van der Waals surface area contributed by atoms with Gasteiger partial charge in [0.1, 0.15) is 0 Å². The molecule has 1 unspecified atom stereocenters. The van der Waals surface area contributed by atoms with Crippen LogP contribution in [0.5, 0.6) is 0 Å². The van der Waals surface area contributed by atoms with Gasteiger partial charge in [0.2, 0.25) is 5.91 Å². The average molecular weight is 217 g/mol. The van der Waals surface area contributed by atoms with Crippen molar-refractivity contribution in [2.24, 2.45) is 11.8 Å². The molecule has 1 aromatic carbocycles. The molecule has 1 aliphatic heterocycles. The number of carbonyl (C=O) groups excluding carboxylic acids is 1. The number of nitrogens with zero attached hydrogens (tertiary/aromatic N) is 1. The monoisotopic (exact) mass is 217 g/mol. The fourth-order valence-corrected chi connectivity index (χ4v) is 2.32. The Balaban J connectivity index is 2.37. The SMILES string of the molecule is CC1Cc2ccccc2N(C(=O)C(C)C)C1. The van der Waals surface area contributed by atoms with E-state index in [-0.39, 0.29) is 11.8 Å². The molecular weight excluding hydrogens is 198 g/mol. The molecule has 86 valence electrons. The van der Waals surface area contributed by atoms with Crippen LogP contribution in [0.3, 0.4) is 0 Å². The highest BCUT2D eigenvalue weighted by Gasteiger charge is 2.27. The van der Waals surface area contributed by atoms with E-state index in [1.807, 2.05) is 24.8 Å². The van der Waals surface area contributed by atoms with Crippen molar-refractivity contribution < 1.29 is 4.79 Å². The smallest absolute Gasteiger partial charge is 0.229 e. The largest absolute Gasteiger partial charge is 0.312 e. The van der Waals surface area contributed by atoms with Gasteiger partial charge in [-0.25, -0.2) is 0 Å². The zero-order valence-corrected chi connectivity index (χ0v) is 10.2. The summed E-state index contributed by atoms with van der Waals surface area (Å²) in [6.45, 7) is 6.99. The highest BCUT2D eigenvalue weighted by Crippen LogP contribution is 2.30. The summed E-state index contributed by atoms with van der Waals surface area (Å²) in [5.74, 6) is 0.856. The van der Waals surface area contributed by atoms with Crippen molar-refractivity contribution in [3.05, 3.63) is 29.8 Å². The summed E-state index contributed by atoms with van der Waals surface area (Å²) in [6, 6.07) is 8.25. The van der Waals surface area contributed by atoms with Gasteiger partial charge in [0, 0.05) is 18.2 Å². The van der Waals surface area contributed by atoms with Gasteiger partial charge in [-0.1, -0.05) is 39.0 Å². The number of anilines is 1. The first-order valence-corrected chi connectivity index (χ1v) is 5.99. The zero-order valence-electron chi connectivity index (χ0n) is 10.2. The zero-order chi connectivity index (χ0) is 11.7. The van der Waals surface area contributed by atoms with Gasteiger partial charge in [0.25, 0.3) is 0 Å². The summed E-state index contributed by atoms with van der Waals surface area (Å²) in [6.07, 6.45) is 1.08. The molecule has 2 nitrogen and oxygen atoms in total. The van der Waals surface area contributed by atoms with Crippen molar-refractivity contribution in [1.82, 2.24) is 0 Å². The first kappa shape index (κ1) is 11.2. The molecule has 0 radical (unpaired) electrons. The number of hydrogen-bond donors (Lipinski definition) is 0. The maximum atomic E-state index is 12.1. The van der Waals surface area contributed by atoms with Crippen LogP contribution in [0.25, 0.3) is 0 Å². The van der Waals surface area contributed by atoms with E-state index < -0.39 is 0 Å². The first-order chi connectivity index (χ1) is 7.59. The maximum Gasteiger partial charge on any atom is 0.229 e. The molecule has 1 heterocycles. The van der Waals surface area contributed by atoms with E-state index in [2.05, 4.69) is 25.1 Å². The minimum Gasteiger partial charge on any atom is -0.312 e. The van der Waals surface area contributed by atoms with Crippen LogP contribution in [0.1, 0.15) is 26.3 Å². The van der Waals surface area contributed by atoms with Crippen LogP contribution in [0.15, 0.2) is 24.3 Å². The maximum absolute atomic E-state index is 12.1. The molecule has 0 aromatic heterocycles. The molecule has 0 bridgehead atoms. The number of fused-ring (bicyclic) bond motifs is 1. The Labute approximate surface area is 97.3 Å². The van der Waals surface area contributed by atoms with Crippen molar-refractivity contribution >= 4 is 11.6 Å². The molecule has 0 saturated heterocycles. The third-order valence-corrected chi connectivity index (χ3v) is 3.10. The summed E-state index contributed by atoms with van der Waals surface area (Å²) in [5.41, 5.74) is 2.41. The molecule has 0 N–H and O–H groups in total. The van der Waals surface area contributed by atoms with Gasteiger partial charge in [-0.3, -0.25) is 4.79 Å². The van der Waals surface area contributed by atoms with E-state index in [0.717, 1.165) is 18.7 Å². The molecule has 0 spiro atoms. The van der Waals surface area contributed by atoms with Gasteiger partial charge < -0.3 is 4.90 Å². The summed E-state index contributed by atoms with van der Waals surface area (Å²) >= 11 is 0. The van der Waals surface area contributed by atoms with Gasteiger partial charge >= 0.3 is 0 Å². The Kier molecular flexibility index (Phi) is 2.99. The molecule has 1 aliphatic rings. The second-order valence-corrected chi connectivity index (χ2v) is 5.04. The lowest BCUT2D eigenvalue weighted by Gasteiger charge is -2.34. The molecule has 2 heteroatoms. The van der Waals surface area contributed by atoms with E-state index in [1.165, 1.54) is 5.56 Å². The topological polar surface area (TPSA) is 20.3 Å². The van der Waals surface area contributed by atoms with Crippen molar-refractivity contribution in [2.45, 2.75) is 27.2 Å². The average Bonchev–Trinajstić information content (AvgIpc) is 2.26. The number of amides is 1. The fraction of sp³-hybridized carbons (Fsp3) is 0.500. The Morgan fingerprint density at radius 1 is 1.38 bits per heavy atom. The quantitative estimate of drug-likeness (QED) is 0.708. The van der Waals surface area contributed by atoms with Crippen LogP contribution >= 0.6 is 0 Å². The van der Waals surface area contributed by atoms with Crippen LogP contribution < -0.4 is 4.90 Å². The van der Waals surface area contributed by atoms with E-state index in [1.54, 1.807) is 0 Å². The van der Waals surface area contributed by atoms with E-state index in [4.69, 9.17) is 0 Å². The Morgan fingerprint density at radius 2 is 2.06 bits per heavy atom. The first-order valence-electron chi connectivity index (χ1n) is 5.99. The van der Waals surface area contributed by atoms with Crippen LogP contribution in [0, 0.1) is 11.8 Å². The second-order valence-electron chi connectivity index (χ2n) is 5.04. The van der Waals surface area contributed by atoms with Gasteiger partial charge in [-0.2, -0.15) is 0 Å².